The average Bonchev–Trinajstić information content (AvgIpc) is 3.02. The zero-order valence-corrected chi connectivity index (χ0v) is 15.9. The van der Waals surface area contributed by atoms with Gasteiger partial charge in [0.2, 0.25) is 0 Å². The second-order valence-corrected chi connectivity index (χ2v) is 7.84. The van der Waals surface area contributed by atoms with Gasteiger partial charge in [0.1, 0.15) is 10.8 Å². The number of fused-ring (bicyclic) bond motifs is 1. The Labute approximate surface area is 155 Å². The molecule has 0 saturated heterocycles. The molecule has 0 spiro atoms. The molecule has 1 saturated carbocycles. The van der Waals surface area contributed by atoms with Crippen LogP contribution in [0.15, 0.2) is 12.1 Å². The number of carbonyl (C=O) groups excluding carboxylic acids is 1. The first-order valence-electron chi connectivity index (χ1n) is 8.30. The van der Waals surface area contributed by atoms with Gasteiger partial charge in [0, 0.05) is 4.88 Å². The first-order valence-corrected chi connectivity index (χ1v) is 9.87. The Kier molecular flexibility index (Phi) is 5.90. The molecule has 0 aliphatic heterocycles. The molecule has 24 heavy (non-hydrogen) atoms. The van der Waals surface area contributed by atoms with Gasteiger partial charge in [-0.1, -0.05) is 42.5 Å². The van der Waals surface area contributed by atoms with E-state index < -0.39 is 5.97 Å². The Balaban J connectivity index is 1.86. The highest BCUT2D eigenvalue weighted by Gasteiger charge is 2.21. The van der Waals surface area contributed by atoms with Gasteiger partial charge in [-0.05, 0) is 43.2 Å². The summed E-state index contributed by atoms with van der Waals surface area (Å²) >= 11 is 14.5. The summed E-state index contributed by atoms with van der Waals surface area (Å²) in [4.78, 5) is 12.8. The van der Waals surface area contributed by atoms with Crippen LogP contribution in [0.5, 0.6) is 5.75 Å². The normalized spacial score (nSPS) is 15.6. The molecule has 1 aromatic carbocycles. The van der Waals surface area contributed by atoms with Crippen LogP contribution in [0.2, 0.25) is 10.0 Å². The molecule has 1 aliphatic rings. The summed E-state index contributed by atoms with van der Waals surface area (Å²) in [6.45, 7) is 1.91. The molecule has 1 heterocycles. The van der Waals surface area contributed by atoms with Crippen LogP contribution in [-0.2, 0) is 9.53 Å². The fourth-order valence-corrected chi connectivity index (χ4v) is 4.98. The Morgan fingerprint density at radius 1 is 1.21 bits per heavy atom. The van der Waals surface area contributed by atoms with Crippen LogP contribution in [0.1, 0.15) is 49.8 Å². The zero-order valence-electron chi connectivity index (χ0n) is 13.6. The van der Waals surface area contributed by atoms with E-state index in [0.29, 0.717) is 28.3 Å². The van der Waals surface area contributed by atoms with E-state index in [0.717, 1.165) is 10.1 Å². The van der Waals surface area contributed by atoms with Gasteiger partial charge in [0.05, 0.1) is 16.3 Å². The van der Waals surface area contributed by atoms with Gasteiger partial charge in [-0.2, -0.15) is 0 Å². The minimum atomic E-state index is -0.419. The lowest BCUT2D eigenvalue weighted by Gasteiger charge is -2.19. The number of benzene rings is 1. The molecule has 6 heteroatoms. The van der Waals surface area contributed by atoms with Crippen LogP contribution in [0.25, 0.3) is 10.1 Å². The number of rotatable bonds is 5. The largest absolute Gasteiger partial charge is 0.480 e. The predicted octanol–water partition coefficient (Wildman–Crippen LogP) is 6.20. The summed E-state index contributed by atoms with van der Waals surface area (Å²) in [5.74, 6) is 0.628. The van der Waals surface area contributed by atoms with Gasteiger partial charge in [-0.15, -0.1) is 11.3 Å². The van der Waals surface area contributed by atoms with Gasteiger partial charge in [0.25, 0.3) is 0 Å². The fraction of sp³-hybridized carbons (Fsp3) is 0.500. The van der Waals surface area contributed by atoms with Crippen molar-refractivity contribution < 1.29 is 14.3 Å². The summed E-state index contributed by atoms with van der Waals surface area (Å²) in [7, 11) is 0. The van der Waals surface area contributed by atoms with Crippen molar-refractivity contribution in [2.75, 3.05) is 13.2 Å². The van der Waals surface area contributed by atoms with Gasteiger partial charge in [-0.3, -0.25) is 0 Å². The number of carbonyl (C=O) groups is 1. The maximum atomic E-state index is 11.5. The number of halogens is 2. The van der Waals surface area contributed by atoms with Crippen LogP contribution < -0.4 is 4.74 Å². The van der Waals surface area contributed by atoms with Gasteiger partial charge >= 0.3 is 5.97 Å². The summed E-state index contributed by atoms with van der Waals surface area (Å²) < 4.78 is 11.4. The van der Waals surface area contributed by atoms with Crippen molar-refractivity contribution in [2.45, 2.75) is 44.9 Å². The van der Waals surface area contributed by atoms with E-state index >= 15 is 0 Å². The highest BCUT2D eigenvalue weighted by Crippen LogP contribution is 2.45. The van der Waals surface area contributed by atoms with Gasteiger partial charge in [0.15, 0.2) is 6.61 Å². The Morgan fingerprint density at radius 3 is 2.67 bits per heavy atom. The molecule has 1 aromatic heterocycles. The summed E-state index contributed by atoms with van der Waals surface area (Å²) in [6.07, 6.45) is 6.40. The molecular formula is C18H20Cl2O3S. The number of esters is 1. The summed E-state index contributed by atoms with van der Waals surface area (Å²) in [5.41, 5.74) is 0. The van der Waals surface area contributed by atoms with E-state index in [2.05, 4.69) is 6.07 Å². The van der Waals surface area contributed by atoms with Crippen molar-refractivity contribution >= 4 is 50.6 Å². The molecule has 2 aromatic rings. The van der Waals surface area contributed by atoms with Crippen molar-refractivity contribution in [1.82, 2.24) is 0 Å². The fourth-order valence-electron chi connectivity index (χ4n) is 3.15. The minimum absolute atomic E-state index is 0.172. The molecule has 0 N–H and O–H groups in total. The monoisotopic (exact) mass is 386 g/mol. The lowest BCUT2D eigenvalue weighted by molar-refractivity contribution is -0.145. The van der Waals surface area contributed by atoms with E-state index in [1.807, 2.05) is 6.07 Å². The third kappa shape index (κ3) is 3.81. The molecule has 1 aliphatic carbocycles. The average molecular weight is 387 g/mol. The van der Waals surface area contributed by atoms with E-state index in [-0.39, 0.29) is 6.61 Å². The third-order valence-electron chi connectivity index (χ3n) is 4.33. The van der Waals surface area contributed by atoms with Crippen LogP contribution >= 0.6 is 34.5 Å². The smallest absolute Gasteiger partial charge is 0.344 e. The zero-order chi connectivity index (χ0) is 17.1. The Hall–Kier alpha value is -0.970. The Bertz CT molecular complexity index is 735. The maximum absolute atomic E-state index is 11.5. The summed E-state index contributed by atoms with van der Waals surface area (Å²) in [6, 6.07) is 4.06. The van der Waals surface area contributed by atoms with Crippen LogP contribution in [0.4, 0.5) is 0 Å². The van der Waals surface area contributed by atoms with Crippen molar-refractivity contribution in [3.05, 3.63) is 27.1 Å². The van der Waals surface area contributed by atoms with Crippen molar-refractivity contribution in [3.8, 4) is 5.75 Å². The van der Waals surface area contributed by atoms with Crippen LogP contribution in [0.3, 0.4) is 0 Å². The lowest BCUT2D eigenvalue weighted by atomic mass is 9.88. The minimum Gasteiger partial charge on any atom is -0.480 e. The maximum Gasteiger partial charge on any atom is 0.344 e. The van der Waals surface area contributed by atoms with Crippen molar-refractivity contribution in [1.29, 1.82) is 0 Å². The van der Waals surface area contributed by atoms with Crippen LogP contribution in [0, 0.1) is 0 Å². The topological polar surface area (TPSA) is 35.5 Å². The highest BCUT2D eigenvalue weighted by molar-refractivity contribution is 7.19. The van der Waals surface area contributed by atoms with E-state index in [4.69, 9.17) is 32.7 Å². The highest BCUT2D eigenvalue weighted by atomic mass is 35.5. The first kappa shape index (κ1) is 17.8. The third-order valence-corrected chi connectivity index (χ3v) is 6.63. The first-order chi connectivity index (χ1) is 11.6. The van der Waals surface area contributed by atoms with E-state index in [1.54, 1.807) is 18.3 Å². The standard InChI is InChI=1S/C18H20Cl2O3S/c1-2-22-15(21)10-23-13-8-12-9-14(11-6-4-3-5-7-11)24-18(12)17(20)16(13)19/h8-9,11H,2-7,10H2,1H3. The number of hydrogen-bond donors (Lipinski definition) is 0. The SMILES string of the molecule is CCOC(=O)COc1cc2cc(C3CCCCC3)sc2c(Cl)c1Cl. The predicted molar refractivity (Wildman–Crippen MR) is 99.8 cm³/mol. The van der Waals surface area contributed by atoms with Gasteiger partial charge in [-0.25, -0.2) is 4.79 Å². The second kappa shape index (κ2) is 7.94. The molecule has 0 atom stereocenters. The van der Waals surface area contributed by atoms with Crippen molar-refractivity contribution in [2.24, 2.45) is 0 Å². The van der Waals surface area contributed by atoms with Crippen molar-refractivity contribution in [3.63, 3.8) is 0 Å². The molecule has 0 bridgehead atoms. The Morgan fingerprint density at radius 2 is 1.96 bits per heavy atom. The molecule has 130 valence electrons. The molecule has 3 nitrogen and oxygen atoms in total. The van der Waals surface area contributed by atoms with Gasteiger partial charge < -0.3 is 9.47 Å². The molecule has 1 fully saturated rings. The number of hydrogen-bond acceptors (Lipinski definition) is 4. The second-order valence-electron chi connectivity index (χ2n) is 6.00. The molecule has 0 amide bonds. The quantitative estimate of drug-likeness (QED) is 0.573. The molecular weight excluding hydrogens is 367 g/mol. The van der Waals surface area contributed by atoms with E-state index in [9.17, 15) is 4.79 Å². The van der Waals surface area contributed by atoms with E-state index in [1.165, 1.54) is 37.0 Å². The molecule has 0 unspecified atom stereocenters. The molecule has 0 radical (unpaired) electrons. The lowest BCUT2D eigenvalue weighted by Crippen LogP contribution is -2.14. The molecule has 3 rings (SSSR count). The summed E-state index contributed by atoms with van der Waals surface area (Å²) in [5, 5.41) is 1.87. The van der Waals surface area contributed by atoms with Crippen LogP contribution in [-0.4, -0.2) is 19.2 Å². The number of thiophene rings is 1. The number of ether oxygens (including phenoxy) is 2.